The van der Waals surface area contributed by atoms with E-state index in [0.29, 0.717) is 17.5 Å². The fraction of sp³-hybridized carbons (Fsp3) is 0.562. The van der Waals surface area contributed by atoms with Gasteiger partial charge in [0.05, 0.1) is 17.2 Å². The Hall–Kier alpha value is -1.70. The average Bonchev–Trinajstić information content (AvgIpc) is 2.41. The number of nitriles is 1. The van der Waals surface area contributed by atoms with E-state index in [1.165, 1.54) is 6.07 Å². The summed E-state index contributed by atoms with van der Waals surface area (Å²) in [6, 6.07) is 5.82. The molecule has 0 spiro atoms. The molecule has 1 aliphatic heterocycles. The van der Waals surface area contributed by atoms with Gasteiger partial charge in [-0.2, -0.15) is 18.4 Å². The number of rotatable bonds is 1. The van der Waals surface area contributed by atoms with E-state index in [-0.39, 0.29) is 11.6 Å². The molecule has 0 aliphatic carbocycles. The van der Waals surface area contributed by atoms with Gasteiger partial charge < -0.3 is 4.90 Å². The second-order valence-corrected chi connectivity index (χ2v) is 6.05. The van der Waals surface area contributed by atoms with Crippen LogP contribution in [0, 0.1) is 23.2 Å². The van der Waals surface area contributed by atoms with Gasteiger partial charge in [0.15, 0.2) is 0 Å². The van der Waals surface area contributed by atoms with E-state index < -0.39 is 11.7 Å². The van der Waals surface area contributed by atoms with Crippen molar-refractivity contribution in [3.8, 4) is 6.07 Å². The number of anilines is 1. The summed E-state index contributed by atoms with van der Waals surface area (Å²) in [5, 5.41) is 8.86. The minimum Gasteiger partial charge on any atom is -0.368 e. The molecule has 0 saturated carbocycles. The molecule has 1 saturated heterocycles. The molecule has 3 atom stereocenters. The zero-order valence-corrected chi connectivity index (χ0v) is 12.4. The summed E-state index contributed by atoms with van der Waals surface area (Å²) in [7, 11) is 0. The molecule has 0 N–H and O–H groups in total. The molecular weight excluding hydrogens is 277 g/mol. The Bertz CT molecular complexity index is 560. The minimum absolute atomic E-state index is 0.190. The van der Waals surface area contributed by atoms with Crippen molar-refractivity contribution in [2.24, 2.45) is 11.8 Å². The van der Waals surface area contributed by atoms with Crippen molar-refractivity contribution in [2.45, 2.75) is 39.4 Å². The lowest BCUT2D eigenvalue weighted by Gasteiger charge is -2.42. The Morgan fingerprint density at radius 2 is 1.90 bits per heavy atom. The molecule has 0 radical (unpaired) electrons. The summed E-state index contributed by atoms with van der Waals surface area (Å²) in [4.78, 5) is 2.02. The highest BCUT2D eigenvalue weighted by Crippen LogP contribution is 2.37. The SMILES string of the molecule is CC1CC(C)C(C)N(c2ccc(C#N)c(C(F)(F)F)c2)C1. The number of piperidine rings is 1. The van der Waals surface area contributed by atoms with E-state index in [4.69, 9.17) is 5.26 Å². The minimum atomic E-state index is -4.50. The van der Waals surface area contributed by atoms with E-state index in [1.54, 1.807) is 12.1 Å². The lowest BCUT2D eigenvalue weighted by atomic mass is 9.85. The second kappa shape index (κ2) is 5.59. The summed E-state index contributed by atoms with van der Waals surface area (Å²) in [6.07, 6.45) is -3.42. The highest BCUT2D eigenvalue weighted by Gasteiger charge is 2.35. The Balaban J connectivity index is 2.43. The van der Waals surface area contributed by atoms with Crippen LogP contribution in [-0.2, 0) is 6.18 Å². The second-order valence-electron chi connectivity index (χ2n) is 6.05. The van der Waals surface area contributed by atoms with Gasteiger partial charge in [-0.05, 0) is 43.4 Å². The van der Waals surface area contributed by atoms with Gasteiger partial charge in [0.1, 0.15) is 0 Å². The van der Waals surface area contributed by atoms with Gasteiger partial charge in [-0.15, -0.1) is 0 Å². The molecule has 114 valence electrons. The third kappa shape index (κ3) is 3.15. The van der Waals surface area contributed by atoms with Crippen LogP contribution in [0.25, 0.3) is 0 Å². The van der Waals surface area contributed by atoms with Gasteiger partial charge in [-0.25, -0.2) is 0 Å². The number of halogens is 3. The molecule has 0 bridgehead atoms. The topological polar surface area (TPSA) is 27.0 Å². The third-order valence-corrected chi connectivity index (χ3v) is 4.36. The van der Waals surface area contributed by atoms with Crippen LogP contribution in [-0.4, -0.2) is 12.6 Å². The number of hydrogen-bond acceptors (Lipinski definition) is 2. The van der Waals surface area contributed by atoms with E-state index in [2.05, 4.69) is 13.8 Å². The number of nitrogens with zero attached hydrogens (tertiary/aromatic N) is 2. The quantitative estimate of drug-likeness (QED) is 0.765. The van der Waals surface area contributed by atoms with Gasteiger partial charge in [0.25, 0.3) is 0 Å². The van der Waals surface area contributed by atoms with Crippen LogP contribution in [0.5, 0.6) is 0 Å². The average molecular weight is 296 g/mol. The Morgan fingerprint density at radius 3 is 2.48 bits per heavy atom. The number of hydrogen-bond donors (Lipinski definition) is 0. The van der Waals surface area contributed by atoms with Crippen molar-refractivity contribution in [1.82, 2.24) is 0 Å². The van der Waals surface area contributed by atoms with Gasteiger partial charge in [-0.3, -0.25) is 0 Å². The molecule has 5 heteroatoms. The number of alkyl halides is 3. The Morgan fingerprint density at radius 1 is 1.24 bits per heavy atom. The first-order valence-corrected chi connectivity index (χ1v) is 7.12. The predicted molar refractivity (Wildman–Crippen MR) is 75.9 cm³/mol. The Kier molecular flexibility index (Phi) is 4.18. The van der Waals surface area contributed by atoms with Crippen LogP contribution in [0.2, 0.25) is 0 Å². The summed E-state index contributed by atoms with van der Waals surface area (Å²) in [5.74, 6) is 0.875. The van der Waals surface area contributed by atoms with E-state index in [1.807, 2.05) is 11.8 Å². The van der Waals surface area contributed by atoms with Crippen LogP contribution in [0.15, 0.2) is 18.2 Å². The molecule has 0 amide bonds. The Labute approximate surface area is 123 Å². The highest BCUT2D eigenvalue weighted by molar-refractivity contribution is 5.55. The summed E-state index contributed by atoms with van der Waals surface area (Å²) >= 11 is 0. The van der Waals surface area contributed by atoms with Gasteiger partial charge in [-0.1, -0.05) is 13.8 Å². The van der Waals surface area contributed by atoms with E-state index >= 15 is 0 Å². The van der Waals surface area contributed by atoms with Gasteiger partial charge in [0.2, 0.25) is 0 Å². The van der Waals surface area contributed by atoms with Gasteiger partial charge >= 0.3 is 6.18 Å². The summed E-state index contributed by atoms with van der Waals surface area (Å²) in [6.45, 7) is 7.03. The lowest BCUT2D eigenvalue weighted by Crippen LogP contribution is -2.45. The third-order valence-electron chi connectivity index (χ3n) is 4.36. The zero-order chi connectivity index (χ0) is 15.8. The van der Waals surface area contributed by atoms with Crippen LogP contribution < -0.4 is 4.90 Å². The normalized spacial score (nSPS) is 26.5. The van der Waals surface area contributed by atoms with Crippen LogP contribution >= 0.6 is 0 Å². The van der Waals surface area contributed by atoms with Crippen molar-refractivity contribution in [2.75, 3.05) is 11.4 Å². The monoisotopic (exact) mass is 296 g/mol. The molecule has 2 rings (SSSR count). The molecule has 2 nitrogen and oxygen atoms in total. The maximum Gasteiger partial charge on any atom is 0.417 e. The van der Waals surface area contributed by atoms with Crippen molar-refractivity contribution in [1.29, 1.82) is 5.26 Å². The largest absolute Gasteiger partial charge is 0.417 e. The molecule has 1 heterocycles. The smallest absolute Gasteiger partial charge is 0.368 e. The van der Waals surface area contributed by atoms with Gasteiger partial charge in [0, 0.05) is 18.3 Å². The van der Waals surface area contributed by atoms with Crippen molar-refractivity contribution in [3.05, 3.63) is 29.3 Å². The molecule has 1 aliphatic rings. The number of benzene rings is 1. The molecule has 0 aromatic heterocycles. The fourth-order valence-electron chi connectivity index (χ4n) is 3.10. The van der Waals surface area contributed by atoms with Crippen molar-refractivity contribution >= 4 is 5.69 Å². The standard InChI is InChI=1S/C16H19F3N2/c1-10-6-11(2)12(3)21(9-10)14-5-4-13(8-20)15(7-14)16(17,18)19/h4-5,7,10-12H,6,9H2,1-3H3. The summed E-state index contributed by atoms with van der Waals surface area (Å²) < 4.78 is 39.2. The maximum atomic E-state index is 13.1. The van der Waals surface area contributed by atoms with E-state index in [9.17, 15) is 13.2 Å². The van der Waals surface area contributed by atoms with Crippen molar-refractivity contribution in [3.63, 3.8) is 0 Å². The van der Waals surface area contributed by atoms with Crippen LogP contribution in [0.1, 0.15) is 38.3 Å². The first kappa shape index (κ1) is 15.7. The molecule has 1 fully saturated rings. The highest BCUT2D eigenvalue weighted by atomic mass is 19.4. The van der Waals surface area contributed by atoms with Crippen molar-refractivity contribution < 1.29 is 13.2 Å². The fourth-order valence-corrected chi connectivity index (χ4v) is 3.10. The van der Waals surface area contributed by atoms with E-state index in [0.717, 1.165) is 19.0 Å². The molecule has 1 aromatic carbocycles. The molecule has 1 aromatic rings. The molecular formula is C16H19F3N2. The predicted octanol–water partition coefficient (Wildman–Crippen LogP) is 4.45. The maximum absolute atomic E-state index is 13.1. The zero-order valence-electron chi connectivity index (χ0n) is 12.4. The molecule has 21 heavy (non-hydrogen) atoms. The first-order chi connectivity index (χ1) is 9.74. The van der Waals surface area contributed by atoms with Crippen LogP contribution in [0.4, 0.5) is 18.9 Å². The molecule has 3 unspecified atom stereocenters. The summed E-state index contributed by atoms with van der Waals surface area (Å²) in [5.41, 5.74) is -0.621. The lowest BCUT2D eigenvalue weighted by molar-refractivity contribution is -0.137. The van der Waals surface area contributed by atoms with Crippen LogP contribution in [0.3, 0.4) is 0 Å². The first-order valence-electron chi connectivity index (χ1n) is 7.12.